The first kappa shape index (κ1) is 8.02. The van der Waals surface area contributed by atoms with Crippen LogP contribution in [-0.2, 0) is 0 Å². The fraction of sp³-hybridized carbons (Fsp3) is 1.00. The molecule has 1 rings (SSSR count). The average molecular weight is 142 g/mol. The van der Waals surface area contributed by atoms with E-state index >= 15 is 0 Å². The van der Waals surface area contributed by atoms with Gasteiger partial charge in [0.2, 0.25) is 0 Å². The van der Waals surface area contributed by atoms with Crippen molar-refractivity contribution in [2.75, 3.05) is 6.54 Å². The maximum Gasteiger partial charge on any atom is 0.00681 e. The zero-order chi connectivity index (χ0) is 7.40. The third-order valence-electron chi connectivity index (χ3n) is 2.26. The molecule has 60 valence electrons. The zero-order valence-electron chi connectivity index (χ0n) is 6.77. The van der Waals surface area contributed by atoms with E-state index in [0.717, 1.165) is 12.6 Å². The number of rotatable bonds is 2. The highest BCUT2D eigenvalue weighted by Crippen LogP contribution is 2.16. The molecule has 2 heteroatoms. The summed E-state index contributed by atoms with van der Waals surface area (Å²) < 4.78 is 0. The molecule has 0 amide bonds. The van der Waals surface area contributed by atoms with E-state index in [0.29, 0.717) is 6.04 Å². The van der Waals surface area contributed by atoms with Crippen LogP contribution in [0, 0.1) is 0 Å². The summed E-state index contributed by atoms with van der Waals surface area (Å²) in [5.41, 5.74) is 5.77. The summed E-state index contributed by atoms with van der Waals surface area (Å²) in [4.78, 5) is 0. The lowest BCUT2D eigenvalue weighted by Crippen LogP contribution is -2.37. The van der Waals surface area contributed by atoms with Gasteiger partial charge in [0.15, 0.2) is 0 Å². The predicted octanol–water partition coefficient (Wildman–Crippen LogP) is 0.866. The third-order valence-corrected chi connectivity index (χ3v) is 2.26. The standard InChI is InChI=1S/C8H18N2/c1-2-10-8-5-3-7(9)4-6-8/h7-8,10H,2-6,9H2,1H3. The average Bonchev–Trinajstić information content (AvgIpc) is 1.95. The summed E-state index contributed by atoms with van der Waals surface area (Å²) >= 11 is 0. The van der Waals surface area contributed by atoms with Gasteiger partial charge in [0.05, 0.1) is 0 Å². The zero-order valence-corrected chi connectivity index (χ0v) is 6.77. The lowest BCUT2D eigenvalue weighted by molar-refractivity contribution is 0.348. The second kappa shape index (κ2) is 3.94. The van der Waals surface area contributed by atoms with Crippen molar-refractivity contribution in [1.29, 1.82) is 0 Å². The minimum atomic E-state index is 0.481. The highest BCUT2D eigenvalue weighted by Gasteiger charge is 2.16. The van der Waals surface area contributed by atoms with Crippen molar-refractivity contribution in [3.8, 4) is 0 Å². The van der Waals surface area contributed by atoms with Crippen LogP contribution in [0.5, 0.6) is 0 Å². The third kappa shape index (κ3) is 2.27. The second-order valence-corrected chi connectivity index (χ2v) is 3.17. The molecule has 0 radical (unpaired) electrons. The molecule has 0 bridgehead atoms. The molecule has 0 aromatic carbocycles. The fourth-order valence-electron chi connectivity index (χ4n) is 1.61. The van der Waals surface area contributed by atoms with Gasteiger partial charge in [-0.25, -0.2) is 0 Å². The quantitative estimate of drug-likeness (QED) is 0.600. The molecule has 0 atom stereocenters. The Balaban J connectivity index is 2.13. The van der Waals surface area contributed by atoms with Crippen LogP contribution >= 0.6 is 0 Å². The summed E-state index contributed by atoms with van der Waals surface area (Å²) in [5, 5.41) is 3.45. The van der Waals surface area contributed by atoms with E-state index in [1.165, 1.54) is 25.7 Å². The number of hydrogen-bond donors (Lipinski definition) is 2. The first-order chi connectivity index (χ1) is 4.83. The Morgan fingerprint density at radius 2 is 1.90 bits per heavy atom. The van der Waals surface area contributed by atoms with Crippen LogP contribution in [0.15, 0.2) is 0 Å². The fourth-order valence-corrected chi connectivity index (χ4v) is 1.61. The molecule has 2 nitrogen and oxygen atoms in total. The first-order valence-electron chi connectivity index (χ1n) is 4.32. The van der Waals surface area contributed by atoms with Crippen LogP contribution in [0.25, 0.3) is 0 Å². The summed E-state index contributed by atoms with van der Waals surface area (Å²) in [6.45, 7) is 3.26. The van der Waals surface area contributed by atoms with Gasteiger partial charge in [-0.3, -0.25) is 0 Å². The monoisotopic (exact) mass is 142 g/mol. The molecule has 0 unspecified atom stereocenters. The molecule has 10 heavy (non-hydrogen) atoms. The van der Waals surface area contributed by atoms with Gasteiger partial charge < -0.3 is 11.1 Å². The summed E-state index contributed by atoms with van der Waals surface area (Å²) in [5.74, 6) is 0. The molecule has 0 saturated heterocycles. The molecule has 3 N–H and O–H groups in total. The van der Waals surface area contributed by atoms with E-state index in [4.69, 9.17) is 5.73 Å². The lowest BCUT2D eigenvalue weighted by atomic mass is 9.92. The van der Waals surface area contributed by atoms with Crippen molar-refractivity contribution in [1.82, 2.24) is 5.32 Å². The molecule has 0 heterocycles. The number of nitrogens with two attached hydrogens (primary N) is 1. The largest absolute Gasteiger partial charge is 0.328 e. The van der Waals surface area contributed by atoms with Crippen molar-refractivity contribution < 1.29 is 0 Å². The van der Waals surface area contributed by atoms with Crippen LogP contribution in [0.1, 0.15) is 32.6 Å². The second-order valence-electron chi connectivity index (χ2n) is 3.17. The Hall–Kier alpha value is -0.0800. The first-order valence-corrected chi connectivity index (χ1v) is 4.32. The van der Waals surface area contributed by atoms with E-state index in [1.807, 2.05) is 0 Å². The summed E-state index contributed by atoms with van der Waals surface area (Å²) in [6, 6.07) is 1.24. The lowest BCUT2D eigenvalue weighted by Gasteiger charge is -2.26. The molecule has 0 aromatic heterocycles. The van der Waals surface area contributed by atoms with Crippen LogP contribution in [-0.4, -0.2) is 18.6 Å². The van der Waals surface area contributed by atoms with Gasteiger partial charge in [0, 0.05) is 12.1 Å². The Morgan fingerprint density at radius 1 is 1.30 bits per heavy atom. The molecule has 0 aliphatic heterocycles. The number of nitrogens with one attached hydrogen (secondary N) is 1. The van der Waals surface area contributed by atoms with E-state index in [2.05, 4.69) is 12.2 Å². The van der Waals surface area contributed by atoms with Crippen molar-refractivity contribution in [3.63, 3.8) is 0 Å². The van der Waals surface area contributed by atoms with Gasteiger partial charge >= 0.3 is 0 Å². The van der Waals surface area contributed by atoms with Gasteiger partial charge in [-0.1, -0.05) is 6.92 Å². The molecule has 0 spiro atoms. The Kier molecular flexibility index (Phi) is 3.16. The van der Waals surface area contributed by atoms with Crippen LogP contribution in [0.2, 0.25) is 0 Å². The van der Waals surface area contributed by atoms with E-state index in [1.54, 1.807) is 0 Å². The van der Waals surface area contributed by atoms with Gasteiger partial charge in [-0.05, 0) is 32.2 Å². The topological polar surface area (TPSA) is 38.0 Å². The van der Waals surface area contributed by atoms with Crippen molar-refractivity contribution in [2.45, 2.75) is 44.7 Å². The Bertz CT molecular complexity index is 85.3. The molecule has 1 aliphatic rings. The molecule has 1 fully saturated rings. The maximum atomic E-state index is 5.77. The minimum absolute atomic E-state index is 0.481. The van der Waals surface area contributed by atoms with Crippen molar-refractivity contribution in [2.24, 2.45) is 5.73 Å². The Morgan fingerprint density at radius 3 is 2.40 bits per heavy atom. The number of hydrogen-bond acceptors (Lipinski definition) is 2. The smallest absolute Gasteiger partial charge is 0.00681 e. The SMILES string of the molecule is CCNC1CCC(N)CC1. The van der Waals surface area contributed by atoms with E-state index < -0.39 is 0 Å². The highest BCUT2D eigenvalue weighted by molar-refractivity contribution is 4.77. The summed E-state index contributed by atoms with van der Waals surface area (Å²) in [7, 11) is 0. The van der Waals surface area contributed by atoms with Gasteiger partial charge in [-0.2, -0.15) is 0 Å². The normalized spacial score (nSPS) is 34.2. The molecular weight excluding hydrogens is 124 g/mol. The molecule has 1 aliphatic carbocycles. The van der Waals surface area contributed by atoms with Crippen LogP contribution in [0.3, 0.4) is 0 Å². The minimum Gasteiger partial charge on any atom is -0.328 e. The van der Waals surface area contributed by atoms with E-state index in [-0.39, 0.29) is 0 Å². The maximum absolute atomic E-state index is 5.77. The predicted molar refractivity (Wildman–Crippen MR) is 43.9 cm³/mol. The molecule has 0 aromatic rings. The summed E-state index contributed by atoms with van der Waals surface area (Å²) in [6.07, 6.45) is 4.96. The van der Waals surface area contributed by atoms with Gasteiger partial charge in [-0.15, -0.1) is 0 Å². The highest BCUT2D eigenvalue weighted by atomic mass is 14.9. The van der Waals surface area contributed by atoms with Gasteiger partial charge in [0.1, 0.15) is 0 Å². The van der Waals surface area contributed by atoms with E-state index in [9.17, 15) is 0 Å². The van der Waals surface area contributed by atoms with Crippen LogP contribution < -0.4 is 11.1 Å². The van der Waals surface area contributed by atoms with Crippen molar-refractivity contribution in [3.05, 3.63) is 0 Å². The molecular formula is C8H18N2. The molecule has 1 saturated carbocycles. The Labute approximate surface area is 63.2 Å². The van der Waals surface area contributed by atoms with Gasteiger partial charge in [0.25, 0.3) is 0 Å². The van der Waals surface area contributed by atoms with Crippen LogP contribution in [0.4, 0.5) is 0 Å². The van der Waals surface area contributed by atoms with Crippen molar-refractivity contribution >= 4 is 0 Å².